The molecule has 0 heterocycles. The van der Waals surface area contributed by atoms with Gasteiger partial charge in [0.2, 0.25) is 0 Å². The lowest BCUT2D eigenvalue weighted by atomic mass is 9.85. The SMILES string of the molecule is Cc1cc(OC(=O)CCCCCCCCCCC(C)C)cc(C(C)(C)C)c1O. The van der Waals surface area contributed by atoms with Crippen LogP contribution in [-0.4, -0.2) is 11.1 Å². The van der Waals surface area contributed by atoms with Crippen LogP contribution in [0.5, 0.6) is 11.5 Å². The number of hydrogen-bond acceptors (Lipinski definition) is 3. The summed E-state index contributed by atoms with van der Waals surface area (Å²) < 4.78 is 5.53. The third-order valence-electron chi connectivity index (χ3n) is 5.23. The van der Waals surface area contributed by atoms with E-state index in [0.29, 0.717) is 12.2 Å². The summed E-state index contributed by atoms with van der Waals surface area (Å²) in [5, 5.41) is 10.3. The molecule has 0 spiro atoms. The van der Waals surface area contributed by atoms with Gasteiger partial charge in [0.05, 0.1) is 0 Å². The van der Waals surface area contributed by atoms with Crippen molar-refractivity contribution in [1.82, 2.24) is 0 Å². The van der Waals surface area contributed by atoms with Crippen molar-refractivity contribution in [2.45, 2.75) is 111 Å². The highest BCUT2D eigenvalue weighted by Gasteiger charge is 2.21. The van der Waals surface area contributed by atoms with Crippen LogP contribution in [0.15, 0.2) is 12.1 Å². The molecule has 3 nitrogen and oxygen atoms in total. The van der Waals surface area contributed by atoms with Gasteiger partial charge >= 0.3 is 5.97 Å². The van der Waals surface area contributed by atoms with Crippen LogP contribution in [0.4, 0.5) is 0 Å². The van der Waals surface area contributed by atoms with E-state index >= 15 is 0 Å². The first-order valence-corrected chi connectivity index (χ1v) is 11.2. The number of hydrogen-bond donors (Lipinski definition) is 1. The number of phenolic OH excluding ortho intramolecular Hbond substituents is 1. The van der Waals surface area contributed by atoms with Crippen LogP contribution in [0, 0.1) is 12.8 Å². The Kier molecular flexibility index (Phi) is 10.6. The lowest BCUT2D eigenvalue weighted by Gasteiger charge is -2.22. The number of unbranched alkanes of at least 4 members (excludes halogenated alkanes) is 7. The van der Waals surface area contributed by atoms with Gasteiger partial charge in [-0.2, -0.15) is 0 Å². The van der Waals surface area contributed by atoms with Gasteiger partial charge < -0.3 is 9.84 Å². The average molecular weight is 391 g/mol. The molecule has 1 rings (SSSR count). The lowest BCUT2D eigenvalue weighted by molar-refractivity contribution is -0.134. The second-order valence-electron chi connectivity index (χ2n) is 9.62. The fraction of sp³-hybridized carbons (Fsp3) is 0.720. The summed E-state index contributed by atoms with van der Waals surface area (Å²) in [6.07, 6.45) is 11.6. The minimum atomic E-state index is -0.202. The van der Waals surface area contributed by atoms with Crippen molar-refractivity contribution < 1.29 is 14.6 Å². The number of carbonyl (C=O) groups is 1. The highest BCUT2D eigenvalue weighted by atomic mass is 16.5. The van der Waals surface area contributed by atoms with Gasteiger partial charge in [-0.1, -0.05) is 86.0 Å². The number of esters is 1. The van der Waals surface area contributed by atoms with E-state index in [1.54, 1.807) is 12.1 Å². The Morgan fingerprint density at radius 1 is 0.964 bits per heavy atom. The van der Waals surface area contributed by atoms with Crippen molar-refractivity contribution in [3.63, 3.8) is 0 Å². The van der Waals surface area contributed by atoms with E-state index in [2.05, 4.69) is 13.8 Å². The van der Waals surface area contributed by atoms with Gasteiger partial charge in [0.25, 0.3) is 0 Å². The molecule has 3 heteroatoms. The van der Waals surface area contributed by atoms with E-state index in [-0.39, 0.29) is 17.1 Å². The third kappa shape index (κ3) is 9.61. The van der Waals surface area contributed by atoms with E-state index < -0.39 is 0 Å². The van der Waals surface area contributed by atoms with Crippen molar-refractivity contribution in [2.24, 2.45) is 5.92 Å². The molecular formula is C25H42O3. The normalized spacial score (nSPS) is 11.8. The lowest BCUT2D eigenvalue weighted by Crippen LogP contribution is -2.13. The quantitative estimate of drug-likeness (QED) is 0.229. The Balaban J connectivity index is 2.25. The smallest absolute Gasteiger partial charge is 0.311 e. The summed E-state index contributed by atoms with van der Waals surface area (Å²) in [5.41, 5.74) is 1.35. The second-order valence-corrected chi connectivity index (χ2v) is 9.62. The van der Waals surface area contributed by atoms with Crippen LogP contribution in [-0.2, 0) is 10.2 Å². The molecule has 1 N–H and O–H groups in total. The molecule has 0 aliphatic heterocycles. The standard InChI is InChI=1S/C25H42O3/c1-19(2)15-13-11-9-7-8-10-12-14-16-23(26)28-21-17-20(3)24(27)22(18-21)25(4,5)6/h17-19,27H,7-16H2,1-6H3. The predicted molar refractivity (Wildman–Crippen MR) is 118 cm³/mol. The second kappa shape index (κ2) is 12.1. The summed E-state index contributed by atoms with van der Waals surface area (Å²) in [5.74, 6) is 1.46. The van der Waals surface area contributed by atoms with Crippen molar-refractivity contribution in [3.8, 4) is 11.5 Å². The Hall–Kier alpha value is -1.51. The van der Waals surface area contributed by atoms with Gasteiger partial charge in [0.15, 0.2) is 0 Å². The zero-order valence-electron chi connectivity index (χ0n) is 19.1. The van der Waals surface area contributed by atoms with Crippen LogP contribution >= 0.6 is 0 Å². The maximum Gasteiger partial charge on any atom is 0.311 e. The molecule has 0 saturated carbocycles. The summed E-state index contributed by atoms with van der Waals surface area (Å²) >= 11 is 0. The first-order chi connectivity index (χ1) is 13.1. The maximum absolute atomic E-state index is 12.1. The molecule has 0 aliphatic rings. The van der Waals surface area contributed by atoms with E-state index in [1.807, 2.05) is 27.7 Å². The third-order valence-corrected chi connectivity index (χ3v) is 5.23. The van der Waals surface area contributed by atoms with Gasteiger partial charge in [-0.25, -0.2) is 0 Å². The van der Waals surface area contributed by atoms with E-state index in [9.17, 15) is 9.90 Å². The van der Waals surface area contributed by atoms with Crippen molar-refractivity contribution in [3.05, 3.63) is 23.3 Å². The number of ether oxygens (including phenoxy) is 1. The van der Waals surface area contributed by atoms with Crippen LogP contribution in [0.1, 0.15) is 110 Å². The van der Waals surface area contributed by atoms with Crippen molar-refractivity contribution in [2.75, 3.05) is 0 Å². The zero-order chi connectivity index (χ0) is 21.2. The van der Waals surface area contributed by atoms with Gasteiger partial charge in [0.1, 0.15) is 11.5 Å². The molecule has 0 aliphatic carbocycles. The zero-order valence-corrected chi connectivity index (χ0v) is 19.1. The first-order valence-electron chi connectivity index (χ1n) is 11.2. The van der Waals surface area contributed by atoms with Gasteiger partial charge in [-0.3, -0.25) is 4.79 Å². The minimum absolute atomic E-state index is 0.182. The summed E-state index contributed by atoms with van der Waals surface area (Å²) in [7, 11) is 0. The molecule has 0 radical (unpaired) electrons. The molecule has 0 amide bonds. The van der Waals surface area contributed by atoms with E-state index in [1.165, 1.54) is 44.9 Å². The molecule has 0 saturated heterocycles. The molecule has 0 unspecified atom stereocenters. The Morgan fingerprint density at radius 3 is 2.04 bits per heavy atom. The molecule has 1 aromatic rings. The minimum Gasteiger partial charge on any atom is -0.507 e. The summed E-state index contributed by atoms with van der Waals surface area (Å²) in [6.45, 7) is 12.5. The molecule has 160 valence electrons. The van der Waals surface area contributed by atoms with Crippen molar-refractivity contribution >= 4 is 5.97 Å². The highest BCUT2D eigenvalue weighted by molar-refractivity contribution is 5.72. The Morgan fingerprint density at radius 2 is 1.50 bits per heavy atom. The predicted octanol–water partition coefficient (Wildman–Crippen LogP) is 7.46. The van der Waals surface area contributed by atoms with Crippen LogP contribution in [0.2, 0.25) is 0 Å². The number of carbonyl (C=O) groups excluding carboxylic acids is 1. The van der Waals surface area contributed by atoms with Crippen molar-refractivity contribution in [1.29, 1.82) is 0 Å². The topological polar surface area (TPSA) is 46.5 Å². The molecule has 0 bridgehead atoms. The molecule has 0 aromatic heterocycles. The van der Waals surface area contributed by atoms with Gasteiger partial charge in [0, 0.05) is 12.0 Å². The maximum atomic E-state index is 12.1. The van der Waals surface area contributed by atoms with Gasteiger partial charge in [-0.15, -0.1) is 0 Å². The number of rotatable bonds is 12. The Bertz CT molecular complexity index is 597. The molecular weight excluding hydrogens is 348 g/mol. The molecule has 0 atom stereocenters. The fourth-order valence-corrected chi connectivity index (χ4v) is 3.44. The monoisotopic (exact) mass is 390 g/mol. The number of phenols is 1. The van der Waals surface area contributed by atoms with Crippen LogP contribution < -0.4 is 4.74 Å². The Labute approximate surface area is 172 Å². The average Bonchev–Trinajstić information content (AvgIpc) is 2.58. The molecule has 1 aromatic carbocycles. The van der Waals surface area contributed by atoms with Crippen LogP contribution in [0.3, 0.4) is 0 Å². The number of aryl methyl sites for hydroxylation is 1. The summed E-state index contributed by atoms with van der Waals surface area (Å²) in [6, 6.07) is 3.53. The van der Waals surface area contributed by atoms with Crippen LogP contribution in [0.25, 0.3) is 0 Å². The number of aromatic hydroxyl groups is 1. The first kappa shape index (κ1) is 24.5. The largest absolute Gasteiger partial charge is 0.507 e. The molecule has 0 fully saturated rings. The fourth-order valence-electron chi connectivity index (χ4n) is 3.44. The molecule has 28 heavy (non-hydrogen) atoms. The highest BCUT2D eigenvalue weighted by Crippen LogP contribution is 2.36. The summed E-state index contributed by atoms with van der Waals surface area (Å²) in [4.78, 5) is 12.1. The van der Waals surface area contributed by atoms with E-state index in [0.717, 1.165) is 29.9 Å². The van der Waals surface area contributed by atoms with E-state index in [4.69, 9.17) is 4.74 Å². The number of benzene rings is 1. The van der Waals surface area contributed by atoms with Gasteiger partial charge in [-0.05, 0) is 42.4 Å².